The van der Waals surface area contributed by atoms with Crippen LogP contribution in [0.25, 0.3) is 22.4 Å². The summed E-state index contributed by atoms with van der Waals surface area (Å²) < 4.78 is 6.54. The van der Waals surface area contributed by atoms with Crippen LogP contribution in [0, 0.1) is 0 Å². The average Bonchev–Trinajstić information content (AvgIpc) is 3.13. The molecule has 2 aromatic heterocycles. The number of ether oxygens (including phenoxy) is 1. The Hall–Kier alpha value is -3.45. The van der Waals surface area contributed by atoms with Crippen LogP contribution >= 0.6 is 11.6 Å². The van der Waals surface area contributed by atoms with Crippen LogP contribution in [0.15, 0.2) is 48.5 Å². The van der Waals surface area contributed by atoms with Gasteiger partial charge in [-0.25, -0.2) is 19.4 Å². The Kier molecular flexibility index (Phi) is 5.86. The molecule has 1 N–H and O–H groups in total. The van der Waals surface area contributed by atoms with Gasteiger partial charge in [-0.1, -0.05) is 42.8 Å². The Bertz CT molecular complexity index is 1250. The minimum Gasteiger partial charge on any atom is -0.465 e. The molecule has 0 aliphatic heterocycles. The molecule has 7 nitrogen and oxygen atoms in total. The lowest BCUT2D eigenvalue weighted by molar-refractivity contribution is 0.0600. The predicted octanol–water partition coefficient (Wildman–Crippen LogP) is 4.64. The number of hydrogen-bond acceptors (Lipinski definition) is 6. The van der Waals surface area contributed by atoms with Crippen molar-refractivity contribution in [2.24, 2.45) is 7.05 Å². The van der Waals surface area contributed by atoms with Gasteiger partial charge in [0.2, 0.25) is 0 Å². The summed E-state index contributed by atoms with van der Waals surface area (Å²) in [6.07, 6.45) is 0.764. The average molecular weight is 436 g/mol. The monoisotopic (exact) mass is 435 g/mol. The summed E-state index contributed by atoms with van der Waals surface area (Å²) >= 11 is 6.12. The van der Waals surface area contributed by atoms with Crippen LogP contribution < -0.4 is 5.32 Å². The number of methoxy groups -OCH3 is 1. The molecule has 0 atom stereocenters. The number of aryl methyl sites for hydroxylation is 2. The molecule has 0 bridgehead atoms. The van der Waals surface area contributed by atoms with Gasteiger partial charge in [0.15, 0.2) is 11.5 Å². The molecule has 0 amide bonds. The third-order valence-electron chi connectivity index (χ3n) is 5.00. The molecule has 2 heterocycles. The number of esters is 1. The van der Waals surface area contributed by atoms with Crippen LogP contribution in [0.2, 0.25) is 5.02 Å². The van der Waals surface area contributed by atoms with Gasteiger partial charge in [0.25, 0.3) is 0 Å². The number of carbonyl (C=O) groups is 1. The Morgan fingerprint density at radius 1 is 1.16 bits per heavy atom. The van der Waals surface area contributed by atoms with E-state index in [-0.39, 0.29) is 5.97 Å². The Labute approximate surface area is 185 Å². The van der Waals surface area contributed by atoms with E-state index >= 15 is 0 Å². The smallest absolute Gasteiger partial charge is 0.337 e. The van der Waals surface area contributed by atoms with E-state index in [1.165, 1.54) is 7.11 Å². The van der Waals surface area contributed by atoms with Crippen LogP contribution in [0.3, 0.4) is 0 Å². The second-order valence-electron chi connectivity index (χ2n) is 7.07. The summed E-state index contributed by atoms with van der Waals surface area (Å²) in [7, 11) is 3.23. The van der Waals surface area contributed by atoms with Gasteiger partial charge in [0.05, 0.1) is 23.8 Å². The molecule has 0 aliphatic rings. The molecule has 0 spiro atoms. The quantitative estimate of drug-likeness (QED) is 0.444. The molecule has 0 aliphatic carbocycles. The van der Waals surface area contributed by atoms with E-state index in [0.717, 1.165) is 34.3 Å². The van der Waals surface area contributed by atoms with Crippen molar-refractivity contribution in [1.29, 1.82) is 0 Å². The number of carbonyl (C=O) groups excluding carboxylic acids is 1. The predicted molar refractivity (Wildman–Crippen MR) is 121 cm³/mol. The van der Waals surface area contributed by atoms with Gasteiger partial charge in [-0.3, -0.25) is 0 Å². The van der Waals surface area contributed by atoms with E-state index in [1.54, 1.807) is 16.8 Å². The highest BCUT2D eigenvalue weighted by molar-refractivity contribution is 6.30. The number of halogens is 1. The highest BCUT2D eigenvalue weighted by Crippen LogP contribution is 2.28. The van der Waals surface area contributed by atoms with Gasteiger partial charge < -0.3 is 10.1 Å². The number of rotatable bonds is 6. The Balaban J connectivity index is 1.77. The van der Waals surface area contributed by atoms with Gasteiger partial charge in [-0.05, 0) is 36.2 Å². The van der Waals surface area contributed by atoms with Crippen LogP contribution in [-0.4, -0.2) is 32.8 Å². The molecule has 8 heteroatoms. The summed E-state index contributed by atoms with van der Waals surface area (Å²) in [5.74, 6) is 0.871. The summed E-state index contributed by atoms with van der Waals surface area (Å²) in [5, 5.41) is 9.64. The summed E-state index contributed by atoms with van der Waals surface area (Å²) in [6, 6.07) is 14.7. The number of nitrogens with one attached hydrogen (secondary N) is 1. The molecular weight excluding hydrogens is 414 g/mol. The van der Waals surface area contributed by atoms with Gasteiger partial charge in [-0.15, -0.1) is 0 Å². The zero-order valence-corrected chi connectivity index (χ0v) is 18.3. The third-order valence-corrected chi connectivity index (χ3v) is 5.24. The van der Waals surface area contributed by atoms with Gasteiger partial charge in [0, 0.05) is 24.2 Å². The number of benzene rings is 2. The standard InChI is InChI=1S/C23H22ClN5O2/c1-4-18-19-21(25-13-14-6-5-7-17(24)12-14)26-20(27-22(19)29(2)28-18)15-8-10-16(11-9-15)23(30)31-3/h5-12H,4,13H2,1-3H3,(H,25,26,27). The molecule has 0 saturated heterocycles. The maximum Gasteiger partial charge on any atom is 0.337 e. The van der Waals surface area contributed by atoms with Crippen molar-refractivity contribution < 1.29 is 9.53 Å². The lowest BCUT2D eigenvalue weighted by Crippen LogP contribution is -2.05. The zero-order valence-electron chi connectivity index (χ0n) is 17.5. The fourth-order valence-electron chi connectivity index (χ4n) is 3.44. The van der Waals surface area contributed by atoms with Crippen LogP contribution in [0.5, 0.6) is 0 Å². The van der Waals surface area contributed by atoms with E-state index in [0.29, 0.717) is 28.8 Å². The Morgan fingerprint density at radius 3 is 2.61 bits per heavy atom. The van der Waals surface area contributed by atoms with Crippen molar-refractivity contribution in [1.82, 2.24) is 19.7 Å². The van der Waals surface area contributed by atoms with Crippen LogP contribution in [0.4, 0.5) is 5.82 Å². The highest BCUT2D eigenvalue weighted by Gasteiger charge is 2.17. The maximum atomic E-state index is 11.7. The zero-order chi connectivity index (χ0) is 22.0. The van der Waals surface area contributed by atoms with Crippen molar-refractivity contribution in [3.8, 4) is 11.4 Å². The fraction of sp³-hybridized carbons (Fsp3) is 0.217. The summed E-state index contributed by atoms with van der Waals surface area (Å²) in [6.45, 7) is 2.62. The van der Waals surface area contributed by atoms with Crippen LogP contribution in [-0.2, 0) is 24.8 Å². The molecular formula is C23H22ClN5O2. The number of hydrogen-bond donors (Lipinski definition) is 1. The van der Waals surface area contributed by atoms with E-state index in [9.17, 15) is 4.79 Å². The van der Waals surface area contributed by atoms with E-state index in [4.69, 9.17) is 26.3 Å². The number of aromatic nitrogens is 4. The SMILES string of the molecule is CCc1nn(C)c2nc(-c3ccc(C(=O)OC)cc3)nc(NCc3cccc(Cl)c3)c12. The first-order valence-electron chi connectivity index (χ1n) is 9.90. The highest BCUT2D eigenvalue weighted by atomic mass is 35.5. The fourth-order valence-corrected chi connectivity index (χ4v) is 3.65. The summed E-state index contributed by atoms with van der Waals surface area (Å²) in [5.41, 5.74) is 3.98. The number of fused-ring (bicyclic) bond motifs is 1. The first kappa shape index (κ1) is 20.8. The topological polar surface area (TPSA) is 81.9 Å². The van der Waals surface area contributed by atoms with Gasteiger partial charge >= 0.3 is 5.97 Å². The molecule has 4 rings (SSSR count). The van der Waals surface area contributed by atoms with Crippen molar-refractivity contribution in [2.45, 2.75) is 19.9 Å². The molecule has 0 radical (unpaired) electrons. The first-order valence-corrected chi connectivity index (χ1v) is 10.3. The molecule has 0 saturated carbocycles. The minimum absolute atomic E-state index is 0.383. The molecule has 158 valence electrons. The van der Waals surface area contributed by atoms with Crippen molar-refractivity contribution in [3.63, 3.8) is 0 Å². The first-order chi connectivity index (χ1) is 15.0. The van der Waals surface area contributed by atoms with E-state index < -0.39 is 0 Å². The molecule has 0 unspecified atom stereocenters. The summed E-state index contributed by atoms with van der Waals surface area (Å²) in [4.78, 5) is 21.3. The maximum absolute atomic E-state index is 11.7. The normalized spacial score (nSPS) is 11.0. The largest absolute Gasteiger partial charge is 0.465 e. The van der Waals surface area contributed by atoms with Gasteiger partial charge in [0.1, 0.15) is 5.82 Å². The molecule has 31 heavy (non-hydrogen) atoms. The molecule has 0 fully saturated rings. The second-order valence-corrected chi connectivity index (χ2v) is 7.51. The lowest BCUT2D eigenvalue weighted by atomic mass is 10.1. The lowest BCUT2D eigenvalue weighted by Gasteiger charge is -2.11. The van der Waals surface area contributed by atoms with Crippen molar-refractivity contribution >= 4 is 34.4 Å². The van der Waals surface area contributed by atoms with E-state index in [2.05, 4.69) is 17.3 Å². The molecule has 2 aromatic carbocycles. The number of anilines is 1. The van der Waals surface area contributed by atoms with Gasteiger partial charge in [-0.2, -0.15) is 5.10 Å². The minimum atomic E-state index is -0.383. The molecule has 4 aromatic rings. The van der Waals surface area contributed by atoms with E-state index in [1.807, 2.05) is 43.4 Å². The van der Waals surface area contributed by atoms with Crippen LogP contribution in [0.1, 0.15) is 28.5 Å². The van der Waals surface area contributed by atoms with Crippen molar-refractivity contribution in [3.05, 3.63) is 70.4 Å². The Morgan fingerprint density at radius 2 is 1.94 bits per heavy atom. The third kappa shape index (κ3) is 4.22. The number of nitrogens with zero attached hydrogens (tertiary/aromatic N) is 4. The second kappa shape index (κ2) is 8.73. The van der Waals surface area contributed by atoms with Crippen molar-refractivity contribution in [2.75, 3.05) is 12.4 Å².